The van der Waals surface area contributed by atoms with Crippen molar-refractivity contribution >= 4 is 0 Å². The van der Waals surface area contributed by atoms with E-state index in [4.69, 9.17) is 0 Å². The highest BCUT2D eigenvalue weighted by molar-refractivity contribution is 4.82. The topological polar surface area (TPSA) is 15.3 Å². The van der Waals surface area contributed by atoms with Crippen LogP contribution in [0.1, 0.15) is 25.7 Å². The maximum atomic E-state index is 3.62. The van der Waals surface area contributed by atoms with Gasteiger partial charge in [-0.3, -0.25) is 0 Å². The summed E-state index contributed by atoms with van der Waals surface area (Å²) in [6.07, 6.45) is 5.64. The first-order valence-corrected chi connectivity index (χ1v) is 5.26. The minimum atomic E-state index is 0.893. The van der Waals surface area contributed by atoms with Gasteiger partial charge in [0.15, 0.2) is 0 Å². The second kappa shape index (κ2) is 3.75. The molecule has 2 nitrogen and oxygen atoms in total. The number of hydrogen-bond acceptors (Lipinski definition) is 2. The van der Waals surface area contributed by atoms with Crippen molar-refractivity contribution in [2.75, 3.05) is 26.7 Å². The molecule has 1 aliphatic heterocycles. The van der Waals surface area contributed by atoms with E-state index in [2.05, 4.69) is 17.3 Å². The van der Waals surface area contributed by atoms with Gasteiger partial charge in [-0.25, -0.2) is 0 Å². The molecule has 1 aliphatic carbocycles. The number of nitrogens with zero attached hydrogens (tertiary/aromatic N) is 1. The van der Waals surface area contributed by atoms with Crippen LogP contribution in [0.4, 0.5) is 0 Å². The van der Waals surface area contributed by atoms with E-state index in [-0.39, 0.29) is 0 Å². The summed E-state index contributed by atoms with van der Waals surface area (Å²) in [5.41, 5.74) is 0. The molecule has 1 N–H and O–H groups in total. The monoisotopic (exact) mass is 168 g/mol. The Labute approximate surface area is 75.3 Å². The number of likely N-dealkylation sites (tertiary alicyclic amines) is 1. The first kappa shape index (κ1) is 8.52. The van der Waals surface area contributed by atoms with Gasteiger partial charge in [0.1, 0.15) is 0 Å². The van der Waals surface area contributed by atoms with Gasteiger partial charge in [0.25, 0.3) is 0 Å². The van der Waals surface area contributed by atoms with Crippen LogP contribution < -0.4 is 5.32 Å². The molecular weight excluding hydrogens is 148 g/mol. The minimum Gasteiger partial charge on any atom is -0.314 e. The van der Waals surface area contributed by atoms with E-state index < -0.39 is 0 Å². The van der Waals surface area contributed by atoms with E-state index in [0.29, 0.717) is 0 Å². The Bertz CT molecular complexity index is 135. The van der Waals surface area contributed by atoms with Gasteiger partial charge in [-0.2, -0.15) is 0 Å². The number of rotatable bonds is 3. The number of hydrogen-bond donors (Lipinski definition) is 1. The third-order valence-corrected chi connectivity index (χ3v) is 3.11. The van der Waals surface area contributed by atoms with Crippen molar-refractivity contribution in [3.05, 3.63) is 0 Å². The smallest absolute Gasteiger partial charge is 0.00683 e. The lowest BCUT2D eigenvalue weighted by molar-refractivity contribution is 0.216. The summed E-state index contributed by atoms with van der Waals surface area (Å²) < 4.78 is 0. The van der Waals surface area contributed by atoms with E-state index in [0.717, 1.165) is 12.0 Å². The van der Waals surface area contributed by atoms with Crippen molar-refractivity contribution in [3.63, 3.8) is 0 Å². The van der Waals surface area contributed by atoms with Gasteiger partial charge in [-0.1, -0.05) is 0 Å². The number of nitrogens with one attached hydrogen (secondary N) is 1. The van der Waals surface area contributed by atoms with Crippen molar-refractivity contribution in [1.29, 1.82) is 0 Å². The molecule has 2 heteroatoms. The van der Waals surface area contributed by atoms with Crippen LogP contribution in [0.25, 0.3) is 0 Å². The molecule has 0 amide bonds. The Morgan fingerprint density at radius 1 is 1.17 bits per heavy atom. The lowest BCUT2D eigenvalue weighted by Crippen LogP contribution is -2.35. The molecule has 0 bridgehead atoms. The van der Waals surface area contributed by atoms with Crippen molar-refractivity contribution in [2.24, 2.45) is 5.92 Å². The molecule has 0 aromatic carbocycles. The fourth-order valence-electron chi connectivity index (χ4n) is 1.89. The maximum absolute atomic E-state index is 3.62. The lowest BCUT2D eigenvalue weighted by Gasteiger charge is -2.29. The molecule has 1 heterocycles. The van der Waals surface area contributed by atoms with Gasteiger partial charge in [0.05, 0.1) is 0 Å². The van der Waals surface area contributed by atoms with Crippen LogP contribution in [0.5, 0.6) is 0 Å². The van der Waals surface area contributed by atoms with Crippen molar-refractivity contribution in [3.8, 4) is 0 Å². The molecule has 0 spiro atoms. The molecule has 2 fully saturated rings. The van der Waals surface area contributed by atoms with E-state index in [1.807, 2.05) is 0 Å². The Morgan fingerprint density at radius 3 is 2.42 bits per heavy atom. The molecular formula is C10H20N2. The van der Waals surface area contributed by atoms with Crippen LogP contribution in [0, 0.1) is 5.92 Å². The summed E-state index contributed by atoms with van der Waals surface area (Å²) in [5, 5.41) is 3.62. The van der Waals surface area contributed by atoms with Gasteiger partial charge < -0.3 is 10.2 Å². The van der Waals surface area contributed by atoms with E-state index in [1.54, 1.807) is 0 Å². The molecule has 70 valence electrons. The van der Waals surface area contributed by atoms with Crippen LogP contribution in [-0.2, 0) is 0 Å². The van der Waals surface area contributed by atoms with Crippen molar-refractivity contribution in [2.45, 2.75) is 31.7 Å². The highest BCUT2D eigenvalue weighted by atomic mass is 15.1. The lowest BCUT2D eigenvalue weighted by atomic mass is 9.97. The molecule has 2 aliphatic rings. The summed E-state index contributed by atoms with van der Waals surface area (Å²) in [4.78, 5) is 2.44. The highest BCUT2D eigenvalue weighted by Gasteiger charge is 2.23. The molecule has 1 saturated heterocycles. The van der Waals surface area contributed by atoms with Gasteiger partial charge in [-0.15, -0.1) is 0 Å². The zero-order chi connectivity index (χ0) is 8.39. The Morgan fingerprint density at radius 2 is 1.83 bits per heavy atom. The third-order valence-electron chi connectivity index (χ3n) is 3.11. The molecule has 0 radical (unpaired) electrons. The average Bonchev–Trinajstić information content (AvgIpc) is 2.87. The summed E-state index contributed by atoms with van der Waals surface area (Å²) >= 11 is 0. The molecule has 0 unspecified atom stereocenters. The minimum absolute atomic E-state index is 0.893. The summed E-state index contributed by atoms with van der Waals surface area (Å²) in [7, 11) is 2.23. The summed E-state index contributed by atoms with van der Waals surface area (Å²) in [6, 6.07) is 0.893. The van der Waals surface area contributed by atoms with E-state index >= 15 is 0 Å². The summed E-state index contributed by atoms with van der Waals surface area (Å²) in [5.74, 6) is 0.960. The van der Waals surface area contributed by atoms with Crippen molar-refractivity contribution < 1.29 is 0 Å². The second-order valence-corrected chi connectivity index (χ2v) is 4.43. The first-order chi connectivity index (χ1) is 5.84. The van der Waals surface area contributed by atoms with Gasteiger partial charge >= 0.3 is 0 Å². The molecule has 1 saturated carbocycles. The predicted octanol–water partition coefficient (Wildman–Crippen LogP) is 1.08. The molecule has 0 atom stereocenters. The molecule has 0 aromatic heterocycles. The second-order valence-electron chi connectivity index (χ2n) is 4.43. The van der Waals surface area contributed by atoms with Gasteiger partial charge in [0, 0.05) is 6.04 Å². The standard InChI is InChI=1S/C10H20N2/c1-12-6-4-9(5-7-12)8-11-10-2-3-10/h9-11H,2-8H2,1H3. The van der Waals surface area contributed by atoms with Crippen LogP contribution in [0.3, 0.4) is 0 Å². The van der Waals surface area contributed by atoms with Crippen LogP contribution in [0.2, 0.25) is 0 Å². The molecule has 12 heavy (non-hydrogen) atoms. The fraction of sp³-hybridized carbons (Fsp3) is 1.00. The van der Waals surface area contributed by atoms with Crippen LogP contribution >= 0.6 is 0 Å². The van der Waals surface area contributed by atoms with Crippen molar-refractivity contribution in [1.82, 2.24) is 10.2 Å². The van der Waals surface area contributed by atoms with Gasteiger partial charge in [0.2, 0.25) is 0 Å². The maximum Gasteiger partial charge on any atom is 0.00683 e. The van der Waals surface area contributed by atoms with Gasteiger partial charge in [-0.05, 0) is 58.3 Å². The highest BCUT2D eigenvalue weighted by Crippen LogP contribution is 2.21. The molecule has 0 aromatic rings. The Balaban J connectivity index is 1.60. The van der Waals surface area contributed by atoms with E-state index in [1.165, 1.54) is 45.3 Å². The Hall–Kier alpha value is -0.0800. The Kier molecular flexibility index (Phi) is 2.66. The van der Waals surface area contributed by atoms with E-state index in [9.17, 15) is 0 Å². The average molecular weight is 168 g/mol. The number of piperidine rings is 1. The normalized spacial score (nSPS) is 27.8. The largest absolute Gasteiger partial charge is 0.314 e. The van der Waals surface area contributed by atoms with Crippen LogP contribution in [0.15, 0.2) is 0 Å². The third kappa shape index (κ3) is 2.46. The molecule has 2 rings (SSSR count). The zero-order valence-electron chi connectivity index (χ0n) is 8.05. The SMILES string of the molecule is CN1CCC(CNC2CC2)CC1. The van der Waals surface area contributed by atoms with Crippen LogP contribution in [-0.4, -0.2) is 37.6 Å². The summed E-state index contributed by atoms with van der Waals surface area (Å²) in [6.45, 7) is 3.88. The zero-order valence-corrected chi connectivity index (χ0v) is 8.05. The fourth-order valence-corrected chi connectivity index (χ4v) is 1.89. The first-order valence-electron chi connectivity index (χ1n) is 5.26. The quantitative estimate of drug-likeness (QED) is 0.678. The predicted molar refractivity (Wildman–Crippen MR) is 51.2 cm³/mol.